The van der Waals surface area contributed by atoms with Gasteiger partial charge < -0.3 is 5.73 Å². The molecule has 72 valence electrons. The minimum absolute atomic E-state index is 0.760. The summed E-state index contributed by atoms with van der Waals surface area (Å²) in [7, 11) is 0. The summed E-state index contributed by atoms with van der Waals surface area (Å²) in [5.41, 5.74) is 9.72. The fourth-order valence-corrected chi connectivity index (χ4v) is 1.28. The van der Waals surface area contributed by atoms with Crippen molar-refractivity contribution in [1.29, 1.82) is 0 Å². The van der Waals surface area contributed by atoms with Gasteiger partial charge in [-0.1, -0.05) is 0 Å². The smallest absolute Gasteiger partial charge is 0.143 e. The third-order valence-electron chi connectivity index (χ3n) is 2.31. The minimum Gasteiger partial charge on any atom is -0.398 e. The van der Waals surface area contributed by atoms with Crippen LogP contribution >= 0.6 is 0 Å². The molecule has 2 N–H and O–H groups in total. The molecule has 0 aliphatic carbocycles. The summed E-state index contributed by atoms with van der Waals surface area (Å²) in [4.78, 5) is 0. The number of hydrogen-bond donors (Lipinski definition) is 1. The highest BCUT2D eigenvalue weighted by molar-refractivity contribution is 5.56. The first-order chi connectivity index (χ1) is 6.68. The fourth-order valence-electron chi connectivity index (χ4n) is 1.28. The molecule has 0 aliphatic rings. The summed E-state index contributed by atoms with van der Waals surface area (Å²) in [6, 6.07) is 3.86. The van der Waals surface area contributed by atoms with E-state index in [1.165, 1.54) is 0 Å². The number of tetrazole rings is 1. The largest absolute Gasteiger partial charge is 0.398 e. The van der Waals surface area contributed by atoms with E-state index in [9.17, 15) is 0 Å². The number of aryl methyl sites for hydroxylation is 1. The van der Waals surface area contributed by atoms with Gasteiger partial charge in [0.2, 0.25) is 0 Å². The van der Waals surface area contributed by atoms with Crippen LogP contribution in [0.5, 0.6) is 0 Å². The van der Waals surface area contributed by atoms with Gasteiger partial charge in [0, 0.05) is 5.69 Å². The van der Waals surface area contributed by atoms with E-state index in [0.29, 0.717) is 0 Å². The molecule has 0 atom stereocenters. The third kappa shape index (κ3) is 1.32. The second-order valence-corrected chi connectivity index (χ2v) is 3.23. The SMILES string of the molecule is Cc1cc(-n2cnnn2)cc(N)c1C. The Morgan fingerprint density at radius 2 is 2.07 bits per heavy atom. The topological polar surface area (TPSA) is 69.6 Å². The van der Waals surface area contributed by atoms with Crippen molar-refractivity contribution in [2.75, 3.05) is 5.73 Å². The zero-order valence-electron chi connectivity index (χ0n) is 8.10. The van der Waals surface area contributed by atoms with Crippen LogP contribution in [0.15, 0.2) is 18.5 Å². The van der Waals surface area contributed by atoms with Crippen LogP contribution in [-0.4, -0.2) is 20.2 Å². The van der Waals surface area contributed by atoms with Crippen LogP contribution in [0.2, 0.25) is 0 Å². The lowest BCUT2D eigenvalue weighted by Gasteiger charge is -2.07. The van der Waals surface area contributed by atoms with Crippen molar-refractivity contribution < 1.29 is 0 Å². The first-order valence-corrected chi connectivity index (χ1v) is 4.28. The van der Waals surface area contributed by atoms with E-state index in [2.05, 4.69) is 15.5 Å². The molecule has 0 amide bonds. The van der Waals surface area contributed by atoms with Crippen LogP contribution in [0.1, 0.15) is 11.1 Å². The molecule has 1 aromatic carbocycles. The summed E-state index contributed by atoms with van der Waals surface area (Å²) >= 11 is 0. The van der Waals surface area contributed by atoms with E-state index in [1.807, 2.05) is 26.0 Å². The van der Waals surface area contributed by atoms with Crippen LogP contribution < -0.4 is 5.73 Å². The Kier molecular flexibility index (Phi) is 1.92. The number of hydrogen-bond acceptors (Lipinski definition) is 4. The van der Waals surface area contributed by atoms with Gasteiger partial charge in [0.1, 0.15) is 6.33 Å². The molecule has 0 saturated heterocycles. The van der Waals surface area contributed by atoms with Gasteiger partial charge in [-0.3, -0.25) is 0 Å². The summed E-state index contributed by atoms with van der Waals surface area (Å²) in [6.07, 6.45) is 1.55. The zero-order valence-corrected chi connectivity index (χ0v) is 8.10. The molecule has 0 radical (unpaired) electrons. The van der Waals surface area contributed by atoms with Crippen LogP contribution in [0.4, 0.5) is 5.69 Å². The molecule has 1 aromatic heterocycles. The van der Waals surface area contributed by atoms with Crippen molar-refractivity contribution in [1.82, 2.24) is 20.2 Å². The monoisotopic (exact) mass is 189 g/mol. The lowest BCUT2D eigenvalue weighted by atomic mass is 10.1. The first-order valence-electron chi connectivity index (χ1n) is 4.28. The number of anilines is 1. The zero-order chi connectivity index (χ0) is 10.1. The van der Waals surface area contributed by atoms with Crippen molar-refractivity contribution in [2.24, 2.45) is 0 Å². The Hall–Kier alpha value is -1.91. The Labute approximate surface area is 81.5 Å². The Balaban J connectivity index is 2.57. The molecule has 0 fully saturated rings. The number of aromatic nitrogens is 4. The molecule has 14 heavy (non-hydrogen) atoms. The van der Waals surface area contributed by atoms with Crippen LogP contribution in [0.25, 0.3) is 5.69 Å². The molecule has 0 aliphatic heterocycles. The van der Waals surface area contributed by atoms with Crippen molar-refractivity contribution in [3.8, 4) is 5.69 Å². The van der Waals surface area contributed by atoms with Gasteiger partial charge in [0.05, 0.1) is 5.69 Å². The maximum atomic E-state index is 5.85. The van der Waals surface area contributed by atoms with Gasteiger partial charge in [0.25, 0.3) is 0 Å². The van der Waals surface area contributed by atoms with E-state index >= 15 is 0 Å². The first kappa shape index (κ1) is 8.68. The van der Waals surface area contributed by atoms with Gasteiger partial charge >= 0.3 is 0 Å². The molecule has 0 saturated carbocycles. The van der Waals surface area contributed by atoms with Crippen molar-refractivity contribution in [3.05, 3.63) is 29.6 Å². The maximum absolute atomic E-state index is 5.85. The van der Waals surface area contributed by atoms with Gasteiger partial charge in [-0.05, 0) is 47.5 Å². The lowest BCUT2D eigenvalue weighted by Crippen LogP contribution is -2.00. The highest BCUT2D eigenvalue weighted by Crippen LogP contribution is 2.19. The van der Waals surface area contributed by atoms with Gasteiger partial charge in [-0.15, -0.1) is 5.10 Å². The summed E-state index contributed by atoms with van der Waals surface area (Å²) < 4.78 is 1.59. The summed E-state index contributed by atoms with van der Waals surface area (Å²) in [5, 5.41) is 10.9. The Morgan fingerprint density at radius 3 is 2.64 bits per heavy atom. The van der Waals surface area contributed by atoms with Crippen LogP contribution in [-0.2, 0) is 0 Å². The van der Waals surface area contributed by atoms with Crippen molar-refractivity contribution >= 4 is 5.69 Å². The molecule has 0 unspecified atom stereocenters. The Bertz CT molecular complexity index is 423. The predicted molar refractivity (Wildman–Crippen MR) is 53.0 cm³/mol. The van der Waals surface area contributed by atoms with E-state index < -0.39 is 0 Å². The van der Waals surface area contributed by atoms with Gasteiger partial charge in [-0.2, -0.15) is 0 Å². The molecule has 0 bridgehead atoms. The lowest BCUT2D eigenvalue weighted by molar-refractivity contribution is 0.788. The van der Waals surface area contributed by atoms with E-state index in [1.54, 1.807) is 11.0 Å². The number of nitrogens with two attached hydrogens (primary N) is 1. The van der Waals surface area contributed by atoms with Gasteiger partial charge in [-0.25, -0.2) is 4.68 Å². The fraction of sp³-hybridized carbons (Fsp3) is 0.222. The molecule has 5 nitrogen and oxygen atoms in total. The quantitative estimate of drug-likeness (QED) is 0.675. The van der Waals surface area contributed by atoms with Crippen molar-refractivity contribution in [2.45, 2.75) is 13.8 Å². The number of nitrogens with zero attached hydrogens (tertiary/aromatic N) is 4. The van der Waals surface area contributed by atoms with Gasteiger partial charge in [0.15, 0.2) is 0 Å². The standard InChI is InChI=1S/C9H11N5/c1-6-3-8(4-9(10)7(6)2)14-5-11-12-13-14/h3-5H,10H2,1-2H3. The Morgan fingerprint density at radius 1 is 1.29 bits per heavy atom. The number of nitrogen functional groups attached to an aromatic ring is 1. The summed E-state index contributed by atoms with van der Waals surface area (Å²) in [6.45, 7) is 4.01. The molecule has 5 heteroatoms. The average Bonchev–Trinajstić information content (AvgIpc) is 2.66. The van der Waals surface area contributed by atoms with E-state index in [-0.39, 0.29) is 0 Å². The molecule has 2 aromatic rings. The predicted octanol–water partition coefficient (Wildman–Crippen LogP) is 0.861. The average molecular weight is 189 g/mol. The normalized spacial score (nSPS) is 10.4. The molecular weight excluding hydrogens is 178 g/mol. The van der Waals surface area contributed by atoms with E-state index in [4.69, 9.17) is 5.73 Å². The second-order valence-electron chi connectivity index (χ2n) is 3.23. The summed E-state index contributed by atoms with van der Waals surface area (Å²) in [5.74, 6) is 0. The highest BCUT2D eigenvalue weighted by Gasteiger charge is 2.03. The molecular formula is C9H11N5. The number of rotatable bonds is 1. The highest BCUT2D eigenvalue weighted by atomic mass is 15.5. The molecule has 1 heterocycles. The maximum Gasteiger partial charge on any atom is 0.143 e. The second kappa shape index (κ2) is 3.10. The number of benzene rings is 1. The third-order valence-corrected chi connectivity index (χ3v) is 2.31. The van der Waals surface area contributed by atoms with Crippen molar-refractivity contribution in [3.63, 3.8) is 0 Å². The van der Waals surface area contributed by atoms with Crippen LogP contribution in [0.3, 0.4) is 0 Å². The van der Waals surface area contributed by atoms with Crippen LogP contribution in [0, 0.1) is 13.8 Å². The van der Waals surface area contributed by atoms with E-state index in [0.717, 1.165) is 22.5 Å². The molecule has 2 rings (SSSR count). The molecule has 0 spiro atoms. The minimum atomic E-state index is 0.760.